The van der Waals surface area contributed by atoms with E-state index in [1.165, 1.54) is 5.56 Å². The number of ether oxygens (including phenoxy) is 1. The fraction of sp³-hybridized carbons (Fsp3) is 0.273. The van der Waals surface area contributed by atoms with E-state index in [9.17, 15) is 4.79 Å². The van der Waals surface area contributed by atoms with Gasteiger partial charge in [0.25, 0.3) is 5.91 Å². The summed E-state index contributed by atoms with van der Waals surface area (Å²) in [4.78, 5) is 14.4. The van der Waals surface area contributed by atoms with Crippen molar-refractivity contribution in [2.45, 2.75) is 26.5 Å². The molecule has 0 spiro atoms. The molecular formula is C22H25N3O2. The Morgan fingerprint density at radius 1 is 1.11 bits per heavy atom. The van der Waals surface area contributed by atoms with Crippen LogP contribution in [0.5, 0.6) is 5.75 Å². The molecule has 27 heavy (non-hydrogen) atoms. The van der Waals surface area contributed by atoms with Gasteiger partial charge in [-0.3, -0.25) is 9.48 Å². The van der Waals surface area contributed by atoms with Gasteiger partial charge in [-0.05, 0) is 47.9 Å². The maximum atomic E-state index is 12.7. The van der Waals surface area contributed by atoms with Crippen molar-refractivity contribution in [1.29, 1.82) is 0 Å². The third-order valence-corrected chi connectivity index (χ3v) is 4.43. The molecule has 1 heterocycles. The Hall–Kier alpha value is -3.08. The van der Waals surface area contributed by atoms with Crippen LogP contribution in [0.3, 0.4) is 0 Å². The molecule has 0 saturated carbocycles. The highest BCUT2D eigenvalue weighted by Crippen LogP contribution is 2.16. The average molecular weight is 363 g/mol. The minimum absolute atomic E-state index is 0.0326. The minimum atomic E-state index is -0.0326. The van der Waals surface area contributed by atoms with Crippen molar-refractivity contribution in [2.24, 2.45) is 7.05 Å². The van der Waals surface area contributed by atoms with E-state index in [1.54, 1.807) is 16.6 Å². The van der Waals surface area contributed by atoms with Crippen LogP contribution in [0.1, 0.15) is 34.1 Å². The second-order valence-corrected chi connectivity index (χ2v) is 6.63. The Morgan fingerprint density at radius 3 is 2.56 bits per heavy atom. The monoisotopic (exact) mass is 363 g/mol. The summed E-state index contributed by atoms with van der Waals surface area (Å²) in [6.07, 6.45) is 2.88. The summed E-state index contributed by atoms with van der Waals surface area (Å²) < 4.78 is 7.58. The quantitative estimate of drug-likeness (QED) is 0.641. The number of benzene rings is 2. The molecule has 0 unspecified atom stereocenters. The van der Waals surface area contributed by atoms with E-state index >= 15 is 0 Å². The Labute approximate surface area is 160 Å². The largest absolute Gasteiger partial charge is 0.489 e. The number of hydrogen-bond donors (Lipinski definition) is 0. The van der Waals surface area contributed by atoms with Gasteiger partial charge in [0.2, 0.25) is 0 Å². The second kappa shape index (κ2) is 8.54. The van der Waals surface area contributed by atoms with Gasteiger partial charge in [-0.25, -0.2) is 0 Å². The molecule has 0 radical (unpaired) electrons. The van der Waals surface area contributed by atoms with Gasteiger partial charge in [-0.1, -0.05) is 31.2 Å². The average Bonchev–Trinajstić information content (AvgIpc) is 3.11. The summed E-state index contributed by atoms with van der Waals surface area (Å²) in [6, 6.07) is 17.6. The summed E-state index contributed by atoms with van der Waals surface area (Å²) in [7, 11) is 3.65. The molecule has 140 valence electrons. The normalized spacial score (nSPS) is 10.6. The van der Waals surface area contributed by atoms with E-state index in [2.05, 4.69) is 24.2 Å². The SMILES string of the molecule is CCc1ccc(OCc2cccc(C(=O)N(C)Cc3ccn(C)n3)c2)cc1. The van der Waals surface area contributed by atoms with Gasteiger partial charge in [-0.15, -0.1) is 0 Å². The van der Waals surface area contributed by atoms with Crippen molar-refractivity contribution in [2.75, 3.05) is 7.05 Å². The van der Waals surface area contributed by atoms with Crippen molar-refractivity contribution in [3.63, 3.8) is 0 Å². The first-order valence-corrected chi connectivity index (χ1v) is 9.10. The molecule has 0 bridgehead atoms. The zero-order chi connectivity index (χ0) is 19.2. The van der Waals surface area contributed by atoms with E-state index in [0.29, 0.717) is 18.7 Å². The fourth-order valence-corrected chi connectivity index (χ4v) is 2.86. The molecule has 0 saturated heterocycles. The highest BCUT2D eigenvalue weighted by atomic mass is 16.5. The maximum absolute atomic E-state index is 12.7. The van der Waals surface area contributed by atoms with Crippen molar-refractivity contribution < 1.29 is 9.53 Å². The number of aryl methyl sites for hydroxylation is 2. The molecule has 3 rings (SSSR count). The van der Waals surface area contributed by atoms with Gasteiger partial charge < -0.3 is 9.64 Å². The van der Waals surface area contributed by atoms with Gasteiger partial charge >= 0.3 is 0 Å². The van der Waals surface area contributed by atoms with Crippen molar-refractivity contribution in [3.05, 3.63) is 83.2 Å². The molecule has 5 nitrogen and oxygen atoms in total. The summed E-state index contributed by atoms with van der Waals surface area (Å²) in [6.45, 7) is 3.03. The molecule has 5 heteroatoms. The Bertz CT molecular complexity index is 900. The van der Waals surface area contributed by atoms with E-state index in [4.69, 9.17) is 4.74 Å². The topological polar surface area (TPSA) is 47.4 Å². The lowest BCUT2D eigenvalue weighted by molar-refractivity contribution is 0.0783. The van der Waals surface area contributed by atoms with Crippen LogP contribution in [0.4, 0.5) is 0 Å². The summed E-state index contributed by atoms with van der Waals surface area (Å²) in [5.74, 6) is 0.797. The summed E-state index contributed by atoms with van der Waals surface area (Å²) in [5.41, 5.74) is 3.76. The van der Waals surface area contributed by atoms with E-state index in [-0.39, 0.29) is 5.91 Å². The third kappa shape index (κ3) is 4.97. The van der Waals surface area contributed by atoms with Crippen LogP contribution < -0.4 is 4.74 Å². The lowest BCUT2D eigenvalue weighted by Gasteiger charge is -2.16. The standard InChI is InChI=1S/C22H25N3O2/c1-4-17-8-10-21(11-9-17)27-16-18-6-5-7-19(14-18)22(26)24(2)15-20-12-13-25(3)23-20/h5-14H,4,15-16H2,1-3H3. The highest BCUT2D eigenvalue weighted by Gasteiger charge is 2.13. The minimum Gasteiger partial charge on any atom is -0.489 e. The zero-order valence-corrected chi connectivity index (χ0v) is 16.1. The molecule has 0 N–H and O–H groups in total. The van der Waals surface area contributed by atoms with Crippen LogP contribution in [-0.2, 0) is 26.6 Å². The predicted octanol–water partition coefficient (Wildman–Crippen LogP) is 3.83. The predicted molar refractivity (Wildman–Crippen MR) is 106 cm³/mol. The van der Waals surface area contributed by atoms with Crippen LogP contribution in [0.2, 0.25) is 0 Å². The number of amides is 1. The molecular weight excluding hydrogens is 338 g/mol. The van der Waals surface area contributed by atoms with Crippen LogP contribution >= 0.6 is 0 Å². The lowest BCUT2D eigenvalue weighted by atomic mass is 10.1. The first kappa shape index (κ1) is 18.7. The van der Waals surface area contributed by atoms with Crippen LogP contribution in [-0.4, -0.2) is 27.6 Å². The van der Waals surface area contributed by atoms with Crippen LogP contribution in [0, 0.1) is 0 Å². The van der Waals surface area contributed by atoms with Gasteiger partial charge in [0, 0.05) is 25.9 Å². The number of aromatic nitrogens is 2. The maximum Gasteiger partial charge on any atom is 0.253 e. The van der Waals surface area contributed by atoms with Gasteiger partial charge in [0.15, 0.2) is 0 Å². The van der Waals surface area contributed by atoms with Gasteiger partial charge in [0.1, 0.15) is 12.4 Å². The second-order valence-electron chi connectivity index (χ2n) is 6.63. The van der Waals surface area contributed by atoms with E-state index in [0.717, 1.165) is 23.4 Å². The molecule has 1 aromatic heterocycles. The summed E-state index contributed by atoms with van der Waals surface area (Å²) in [5, 5.41) is 4.32. The number of carbonyl (C=O) groups is 1. The van der Waals surface area contributed by atoms with E-state index < -0.39 is 0 Å². The van der Waals surface area contributed by atoms with Crippen LogP contribution in [0.25, 0.3) is 0 Å². The number of hydrogen-bond acceptors (Lipinski definition) is 3. The Balaban J connectivity index is 1.62. The molecule has 1 amide bonds. The summed E-state index contributed by atoms with van der Waals surface area (Å²) >= 11 is 0. The number of nitrogens with zero attached hydrogens (tertiary/aromatic N) is 3. The van der Waals surface area contributed by atoms with Gasteiger partial charge in [0.05, 0.1) is 12.2 Å². The fourth-order valence-electron chi connectivity index (χ4n) is 2.86. The molecule has 0 aliphatic carbocycles. The molecule has 0 fully saturated rings. The van der Waals surface area contributed by atoms with E-state index in [1.807, 2.05) is 55.7 Å². The Morgan fingerprint density at radius 2 is 1.89 bits per heavy atom. The van der Waals surface area contributed by atoms with Crippen molar-refractivity contribution >= 4 is 5.91 Å². The van der Waals surface area contributed by atoms with Crippen molar-refractivity contribution in [3.8, 4) is 5.75 Å². The lowest BCUT2D eigenvalue weighted by Crippen LogP contribution is -2.26. The first-order chi connectivity index (χ1) is 13.0. The molecule has 3 aromatic rings. The smallest absolute Gasteiger partial charge is 0.253 e. The van der Waals surface area contributed by atoms with Crippen LogP contribution in [0.15, 0.2) is 60.8 Å². The molecule has 0 aliphatic heterocycles. The number of carbonyl (C=O) groups excluding carboxylic acids is 1. The molecule has 0 aliphatic rings. The third-order valence-electron chi connectivity index (χ3n) is 4.43. The van der Waals surface area contributed by atoms with Crippen molar-refractivity contribution in [1.82, 2.24) is 14.7 Å². The highest BCUT2D eigenvalue weighted by molar-refractivity contribution is 5.94. The molecule has 2 aromatic carbocycles. The number of rotatable bonds is 7. The van der Waals surface area contributed by atoms with Gasteiger partial charge in [-0.2, -0.15) is 5.10 Å². The zero-order valence-electron chi connectivity index (χ0n) is 16.1. The first-order valence-electron chi connectivity index (χ1n) is 9.10. The molecule has 0 atom stereocenters. The Kier molecular flexibility index (Phi) is 5.91.